The van der Waals surface area contributed by atoms with Crippen LogP contribution in [-0.2, 0) is 4.79 Å². The van der Waals surface area contributed by atoms with Crippen molar-refractivity contribution in [3.63, 3.8) is 0 Å². The summed E-state index contributed by atoms with van der Waals surface area (Å²) in [6.45, 7) is 1.95. The Labute approximate surface area is 223 Å². The number of pyridine rings is 3. The van der Waals surface area contributed by atoms with Gasteiger partial charge in [-0.2, -0.15) is 5.10 Å². The minimum absolute atomic E-state index is 0.0228. The first-order valence-electron chi connectivity index (χ1n) is 13.0. The molecule has 4 N–H and O–H groups in total. The number of fused-ring (bicyclic) bond motifs is 2. The molecule has 1 fully saturated rings. The third-order valence-electron chi connectivity index (χ3n) is 7.31. The molecule has 6 aromatic heterocycles. The fourth-order valence-corrected chi connectivity index (χ4v) is 5.31. The minimum Gasteiger partial charge on any atom is -0.472 e. The number of rotatable bonds is 6. The summed E-state index contributed by atoms with van der Waals surface area (Å²) in [5, 5.41) is 15.8. The van der Waals surface area contributed by atoms with Gasteiger partial charge in [-0.15, -0.1) is 0 Å². The highest BCUT2D eigenvalue weighted by molar-refractivity contribution is 6.00. The third kappa shape index (κ3) is 4.55. The molecule has 194 valence electrons. The van der Waals surface area contributed by atoms with Gasteiger partial charge in [0.25, 0.3) is 0 Å². The highest BCUT2D eigenvalue weighted by atomic mass is 16.3. The molecule has 0 unspecified atom stereocenters. The topological polar surface area (TPSA) is 137 Å². The van der Waals surface area contributed by atoms with Crippen molar-refractivity contribution in [1.29, 1.82) is 0 Å². The molecule has 1 amide bonds. The van der Waals surface area contributed by atoms with E-state index in [2.05, 4.69) is 46.8 Å². The second-order valence-electron chi connectivity index (χ2n) is 9.92. The molecular weight excluding hydrogens is 492 g/mol. The minimum atomic E-state index is 0.0228. The Morgan fingerprint density at radius 1 is 1.00 bits per heavy atom. The summed E-state index contributed by atoms with van der Waals surface area (Å²) < 4.78 is 5.27. The number of carbonyl (C=O) groups is 1. The average molecular weight is 519 g/mol. The summed E-state index contributed by atoms with van der Waals surface area (Å²) in [6.07, 6.45) is 12.9. The number of hydrogen-bond acceptors (Lipinski definition) is 7. The van der Waals surface area contributed by atoms with Crippen molar-refractivity contribution >= 4 is 33.5 Å². The molecule has 0 radical (unpaired) electrons. The lowest BCUT2D eigenvalue weighted by Gasteiger charge is -2.21. The number of aromatic nitrogens is 6. The number of hydrogen-bond donors (Lipinski definition) is 4. The van der Waals surface area contributed by atoms with Crippen molar-refractivity contribution in [3.05, 3.63) is 67.6 Å². The first-order chi connectivity index (χ1) is 19.2. The largest absolute Gasteiger partial charge is 0.472 e. The summed E-state index contributed by atoms with van der Waals surface area (Å²) >= 11 is 0. The van der Waals surface area contributed by atoms with Gasteiger partial charge in [-0.05, 0) is 62.2 Å². The Balaban J connectivity index is 1.19. The second kappa shape index (κ2) is 9.80. The maximum Gasteiger partial charge on any atom is 0.224 e. The molecule has 0 saturated carbocycles. The number of aromatic amines is 2. The summed E-state index contributed by atoms with van der Waals surface area (Å²) in [5.74, 6) is 0.444. The van der Waals surface area contributed by atoms with Crippen LogP contribution in [0, 0.1) is 5.92 Å². The number of piperidine rings is 1. The van der Waals surface area contributed by atoms with E-state index in [9.17, 15) is 4.79 Å². The Morgan fingerprint density at radius 2 is 1.90 bits per heavy atom. The normalized spacial score (nSPS) is 14.3. The van der Waals surface area contributed by atoms with Gasteiger partial charge in [0.1, 0.15) is 0 Å². The van der Waals surface area contributed by atoms with Gasteiger partial charge in [0.2, 0.25) is 5.91 Å². The van der Waals surface area contributed by atoms with Crippen molar-refractivity contribution in [1.82, 2.24) is 35.5 Å². The van der Waals surface area contributed by atoms with E-state index in [1.54, 1.807) is 37.3 Å². The van der Waals surface area contributed by atoms with Crippen LogP contribution >= 0.6 is 0 Å². The number of furan rings is 1. The predicted molar refractivity (Wildman–Crippen MR) is 149 cm³/mol. The van der Waals surface area contributed by atoms with Gasteiger partial charge in [0, 0.05) is 58.0 Å². The van der Waals surface area contributed by atoms with E-state index in [1.165, 1.54) is 0 Å². The van der Waals surface area contributed by atoms with Crippen LogP contribution < -0.4 is 10.6 Å². The summed E-state index contributed by atoms with van der Waals surface area (Å²) in [6, 6.07) is 9.88. The predicted octanol–water partition coefficient (Wildman–Crippen LogP) is 5.15. The summed E-state index contributed by atoms with van der Waals surface area (Å²) in [5.41, 5.74) is 7.45. The fourth-order valence-electron chi connectivity index (χ4n) is 5.31. The van der Waals surface area contributed by atoms with E-state index in [1.807, 2.05) is 24.3 Å². The van der Waals surface area contributed by atoms with Crippen LogP contribution in [0.1, 0.15) is 19.3 Å². The molecule has 1 aliphatic rings. The maximum absolute atomic E-state index is 12.6. The van der Waals surface area contributed by atoms with Gasteiger partial charge in [0.15, 0.2) is 5.65 Å². The van der Waals surface area contributed by atoms with Crippen LogP contribution in [0.5, 0.6) is 0 Å². The van der Waals surface area contributed by atoms with Gasteiger partial charge in [-0.3, -0.25) is 19.9 Å². The third-order valence-corrected chi connectivity index (χ3v) is 7.31. The number of carbonyl (C=O) groups excluding carboxylic acids is 1. The zero-order valence-electron chi connectivity index (χ0n) is 21.1. The lowest BCUT2D eigenvalue weighted by atomic mass is 9.94. The first kappa shape index (κ1) is 23.3. The number of H-pyrrole nitrogens is 2. The maximum atomic E-state index is 12.6. The molecule has 0 aromatic carbocycles. The molecule has 7 rings (SSSR count). The zero-order valence-corrected chi connectivity index (χ0v) is 21.1. The van der Waals surface area contributed by atoms with Gasteiger partial charge in [-0.25, -0.2) is 4.98 Å². The number of nitrogens with one attached hydrogen (secondary N) is 4. The highest BCUT2D eigenvalue weighted by Gasteiger charge is 2.18. The smallest absolute Gasteiger partial charge is 0.224 e. The number of anilines is 1. The highest BCUT2D eigenvalue weighted by Crippen LogP contribution is 2.34. The zero-order chi connectivity index (χ0) is 26.2. The molecule has 1 saturated heterocycles. The molecule has 7 heterocycles. The van der Waals surface area contributed by atoms with Gasteiger partial charge < -0.3 is 20.0 Å². The fraction of sp³-hybridized carbons (Fsp3) is 0.207. The Hall–Kier alpha value is -4.83. The summed E-state index contributed by atoms with van der Waals surface area (Å²) in [7, 11) is 0. The molecule has 0 spiro atoms. The van der Waals surface area contributed by atoms with Crippen LogP contribution in [0.25, 0.3) is 55.7 Å². The summed E-state index contributed by atoms with van der Waals surface area (Å²) in [4.78, 5) is 29.6. The molecular formula is C29H26N8O2. The molecule has 0 bridgehead atoms. The van der Waals surface area contributed by atoms with Crippen molar-refractivity contribution < 1.29 is 9.21 Å². The Kier molecular flexibility index (Phi) is 5.86. The lowest BCUT2D eigenvalue weighted by molar-refractivity contribution is -0.117. The van der Waals surface area contributed by atoms with E-state index < -0.39 is 0 Å². The molecule has 39 heavy (non-hydrogen) atoms. The van der Waals surface area contributed by atoms with E-state index in [0.717, 1.165) is 76.0 Å². The van der Waals surface area contributed by atoms with Gasteiger partial charge in [0.05, 0.1) is 41.5 Å². The molecule has 0 atom stereocenters. The van der Waals surface area contributed by atoms with E-state index in [0.29, 0.717) is 23.7 Å². The second-order valence-corrected chi connectivity index (χ2v) is 9.92. The number of nitrogens with zero attached hydrogens (tertiary/aromatic N) is 4. The molecule has 1 aliphatic heterocycles. The number of amides is 1. The van der Waals surface area contributed by atoms with Crippen LogP contribution in [0.4, 0.5) is 5.69 Å². The SMILES string of the molecule is O=C(CC1CCNCC1)Nc1cncc(-c2cnc3n[nH]c(-c4cc5c(-c6ccoc6)nccc5[nH]4)c3c2)c1. The van der Waals surface area contributed by atoms with Crippen molar-refractivity contribution in [2.45, 2.75) is 19.3 Å². The van der Waals surface area contributed by atoms with Crippen molar-refractivity contribution in [2.24, 2.45) is 5.92 Å². The van der Waals surface area contributed by atoms with E-state index in [-0.39, 0.29) is 5.91 Å². The van der Waals surface area contributed by atoms with Crippen molar-refractivity contribution in [2.75, 3.05) is 18.4 Å². The Bertz CT molecular complexity index is 1780. The lowest BCUT2D eigenvalue weighted by Crippen LogP contribution is -2.30. The first-order valence-corrected chi connectivity index (χ1v) is 13.0. The Morgan fingerprint density at radius 3 is 2.77 bits per heavy atom. The van der Waals surface area contributed by atoms with E-state index in [4.69, 9.17) is 4.42 Å². The van der Waals surface area contributed by atoms with Gasteiger partial charge >= 0.3 is 0 Å². The quantitative estimate of drug-likeness (QED) is 0.239. The molecule has 10 heteroatoms. The van der Waals surface area contributed by atoms with Crippen LogP contribution in [0.3, 0.4) is 0 Å². The monoisotopic (exact) mass is 518 g/mol. The van der Waals surface area contributed by atoms with E-state index >= 15 is 0 Å². The molecule has 0 aliphatic carbocycles. The van der Waals surface area contributed by atoms with Crippen molar-refractivity contribution in [3.8, 4) is 33.8 Å². The van der Waals surface area contributed by atoms with Gasteiger partial charge in [-0.1, -0.05) is 0 Å². The van der Waals surface area contributed by atoms with Crippen LogP contribution in [-0.4, -0.2) is 49.1 Å². The van der Waals surface area contributed by atoms with Crippen LogP contribution in [0.15, 0.2) is 72.1 Å². The average Bonchev–Trinajstić information content (AvgIpc) is 3.73. The van der Waals surface area contributed by atoms with Crippen LogP contribution in [0.2, 0.25) is 0 Å². The molecule has 6 aromatic rings. The molecule has 10 nitrogen and oxygen atoms in total. The standard InChI is InChI=1S/C29H26N8O2/c38-26(9-17-1-5-30-6-2-17)34-21-10-19(13-31-15-21)20-11-23-28(36-37-29(23)33-14-20)25-12-22-24(35-25)3-7-32-27(22)18-4-8-39-16-18/h3-4,7-8,10-17,30,35H,1-2,5-6,9H2,(H,34,38)(H,33,36,37).